The number of hydrogen-bond acceptors (Lipinski definition) is 4. The second-order valence-electron chi connectivity index (χ2n) is 5.78. The van der Waals surface area contributed by atoms with Crippen LogP contribution in [0.4, 0.5) is 10.5 Å². The predicted octanol–water partition coefficient (Wildman–Crippen LogP) is 2.96. The van der Waals surface area contributed by atoms with E-state index < -0.39 is 0 Å². The van der Waals surface area contributed by atoms with E-state index in [0.29, 0.717) is 36.2 Å². The molecule has 0 saturated carbocycles. The lowest BCUT2D eigenvalue weighted by atomic mass is 10.3. The van der Waals surface area contributed by atoms with Crippen molar-refractivity contribution < 1.29 is 9.53 Å². The summed E-state index contributed by atoms with van der Waals surface area (Å²) < 4.78 is 5.72. The number of carbonyl (C=O) groups is 1. The van der Waals surface area contributed by atoms with Crippen molar-refractivity contribution in [1.82, 2.24) is 14.8 Å². The number of amides is 2. The largest absolute Gasteiger partial charge is 0.491 e. The molecule has 2 amide bonds. The number of benzene rings is 1. The fraction of sp³-hybridized carbons (Fsp3) is 0.333. The number of rotatable bonds is 5. The average molecular weight is 361 g/mol. The number of anilines is 1. The van der Waals surface area contributed by atoms with Gasteiger partial charge < -0.3 is 15.0 Å². The number of nitrogens with zero attached hydrogens (tertiary/aromatic N) is 3. The summed E-state index contributed by atoms with van der Waals surface area (Å²) in [6, 6.07) is 11.0. The molecule has 1 aliphatic rings. The molecule has 1 saturated heterocycles. The number of nitrogens with one attached hydrogen (secondary N) is 1. The van der Waals surface area contributed by atoms with E-state index in [1.54, 1.807) is 18.5 Å². The van der Waals surface area contributed by atoms with Gasteiger partial charge in [-0.25, -0.2) is 4.79 Å². The molecule has 132 valence electrons. The summed E-state index contributed by atoms with van der Waals surface area (Å²) in [5.41, 5.74) is 0.711. The molecular formula is C18H21ClN4O2. The molecular weight excluding hydrogens is 340 g/mol. The third-order valence-electron chi connectivity index (χ3n) is 4.07. The Labute approximate surface area is 152 Å². The maximum Gasteiger partial charge on any atom is 0.321 e. The Morgan fingerprint density at radius 3 is 2.68 bits per heavy atom. The number of urea groups is 1. The van der Waals surface area contributed by atoms with Crippen LogP contribution in [0.25, 0.3) is 0 Å². The number of aromatic nitrogens is 1. The molecule has 0 spiro atoms. The van der Waals surface area contributed by atoms with E-state index in [-0.39, 0.29) is 6.03 Å². The Morgan fingerprint density at radius 1 is 1.16 bits per heavy atom. The number of ether oxygens (including phenoxy) is 1. The molecule has 0 aliphatic carbocycles. The Balaban J connectivity index is 1.38. The Hall–Kier alpha value is -2.31. The highest BCUT2D eigenvalue weighted by Gasteiger charge is 2.21. The van der Waals surface area contributed by atoms with Gasteiger partial charge in [-0.1, -0.05) is 23.7 Å². The number of carbonyl (C=O) groups excluding carboxylic acids is 1. The van der Waals surface area contributed by atoms with E-state index in [1.807, 2.05) is 35.2 Å². The first-order chi connectivity index (χ1) is 12.2. The zero-order valence-electron chi connectivity index (χ0n) is 13.9. The number of hydrogen-bond donors (Lipinski definition) is 1. The highest BCUT2D eigenvalue weighted by Crippen LogP contribution is 2.22. The molecule has 1 aromatic heterocycles. The van der Waals surface area contributed by atoms with Gasteiger partial charge in [0.2, 0.25) is 0 Å². The van der Waals surface area contributed by atoms with Crippen molar-refractivity contribution in [2.24, 2.45) is 0 Å². The summed E-state index contributed by atoms with van der Waals surface area (Å²) in [4.78, 5) is 20.3. The van der Waals surface area contributed by atoms with Gasteiger partial charge in [-0.2, -0.15) is 0 Å². The van der Waals surface area contributed by atoms with Crippen molar-refractivity contribution in [3.05, 3.63) is 53.8 Å². The smallest absolute Gasteiger partial charge is 0.321 e. The third-order valence-corrected chi connectivity index (χ3v) is 4.39. The van der Waals surface area contributed by atoms with Crippen molar-refractivity contribution in [3.8, 4) is 5.75 Å². The van der Waals surface area contributed by atoms with Crippen LogP contribution in [0.5, 0.6) is 5.75 Å². The standard InChI is InChI=1S/C18H21ClN4O2/c19-16-5-1-2-6-17(16)25-13-12-22-8-10-23(11-9-22)18(24)21-15-4-3-7-20-14-15/h1-7,14H,8-13H2,(H,21,24). The maximum absolute atomic E-state index is 12.2. The van der Waals surface area contributed by atoms with Crippen LogP contribution in [0.1, 0.15) is 0 Å². The number of pyridine rings is 1. The van der Waals surface area contributed by atoms with Crippen LogP contribution < -0.4 is 10.1 Å². The number of halogens is 1. The van der Waals surface area contributed by atoms with E-state index in [2.05, 4.69) is 15.2 Å². The van der Waals surface area contributed by atoms with Crippen LogP contribution in [0.2, 0.25) is 5.02 Å². The molecule has 1 aromatic carbocycles. The Morgan fingerprint density at radius 2 is 1.96 bits per heavy atom. The molecule has 2 heterocycles. The van der Waals surface area contributed by atoms with E-state index >= 15 is 0 Å². The molecule has 0 unspecified atom stereocenters. The first-order valence-electron chi connectivity index (χ1n) is 8.28. The van der Waals surface area contributed by atoms with Gasteiger partial charge in [0.15, 0.2) is 0 Å². The zero-order valence-corrected chi connectivity index (χ0v) is 14.7. The molecule has 1 N–H and O–H groups in total. The Kier molecular flexibility index (Phi) is 6.09. The minimum Gasteiger partial charge on any atom is -0.491 e. The summed E-state index contributed by atoms with van der Waals surface area (Å²) >= 11 is 6.07. The van der Waals surface area contributed by atoms with Gasteiger partial charge in [-0.15, -0.1) is 0 Å². The van der Waals surface area contributed by atoms with E-state index in [1.165, 1.54) is 0 Å². The fourth-order valence-electron chi connectivity index (χ4n) is 2.66. The summed E-state index contributed by atoms with van der Waals surface area (Å²) in [5, 5.41) is 3.49. The summed E-state index contributed by atoms with van der Waals surface area (Å²) in [5.74, 6) is 0.707. The Bertz CT molecular complexity index is 690. The second-order valence-corrected chi connectivity index (χ2v) is 6.19. The highest BCUT2D eigenvalue weighted by molar-refractivity contribution is 6.32. The number of piperazine rings is 1. The fourth-order valence-corrected chi connectivity index (χ4v) is 2.85. The third kappa shape index (κ3) is 5.08. The monoisotopic (exact) mass is 360 g/mol. The molecule has 2 aromatic rings. The van der Waals surface area contributed by atoms with Crippen molar-refractivity contribution in [3.63, 3.8) is 0 Å². The lowest BCUT2D eigenvalue weighted by Crippen LogP contribution is -2.50. The SMILES string of the molecule is O=C(Nc1cccnc1)N1CCN(CCOc2ccccc2Cl)CC1. The lowest BCUT2D eigenvalue weighted by Gasteiger charge is -2.34. The first kappa shape index (κ1) is 17.5. The van der Waals surface area contributed by atoms with Gasteiger partial charge in [0, 0.05) is 38.9 Å². The topological polar surface area (TPSA) is 57.7 Å². The quantitative estimate of drug-likeness (QED) is 0.890. The maximum atomic E-state index is 12.2. The second kappa shape index (κ2) is 8.69. The molecule has 1 aliphatic heterocycles. The molecule has 0 radical (unpaired) electrons. The van der Waals surface area contributed by atoms with Crippen molar-refractivity contribution in [1.29, 1.82) is 0 Å². The minimum absolute atomic E-state index is 0.0834. The first-order valence-corrected chi connectivity index (χ1v) is 8.66. The van der Waals surface area contributed by atoms with Gasteiger partial charge >= 0.3 is 6.03 Å². The molecule has 3 rings (SSSR count). The zero-order chi connectivity index (χ0) is 17.5. The van der Waals surface area contributed by atoms with E-state index in [0.717, 1.165) is 19.6 Å². The number of para-hydroxylation sites is 1. The molecule has 6 nitrogen and oxygen atoms in total. The van der Waals surface area contributed by atoms with Gasteiger partial charge in [0.25, 0.3) is 0 Å². The predicted molar refractivity (Wildman–Crippen MR) is 98.2 cm³/mol. The normalized spacial score (nSPS) is 15.0. The van der Waals surface area contributed by atoms with Gasteiger partial charge in [-0.3, -0.25) is 9.88 Å². The van der Waals surface area contributed by atoms with Crippen LogP contribution in [-0.2, 0) is 0 Å². The van der Waals surface area contributed by atoms with Crippen LogP contribution >= 0.6 is 11.6 Å². The van der Waals surface area contributed by atoms with Gasteiger partial charge in [0.05, 0.1) is 16.9 Å². The van der Waals surface area contributed by atoms with Crippen LogP contribution in [-0.4, -0.2) is 60.1 Å². The molecule has 7 heteroatoms. The summed E-state index contributed by atoms with van der Waals surface area (Å²) in [6.07, 6.45) is 3.32. The van der Waals surface area contributed by atoms with Crippen molar-refractivity contribution >= 4 is 23.3 Å². The minimum atomic E-state index is -0.0834. The van der Waals surface area contributed by atoms with Crippen LogP contribution in [0, 0.1) is 0 Å². The van der Waals surface area contributed by atoms with Crippen molar-refractivity contribution in [2.75, 3.05) is 44.6 Å². The summed E-state index contributed by atoms with van der Waals surface area (Å²) in [7, 11) is 0. The van der Waals surface area contributed by atoms with Crippen LogP contribution in [0.15, 0.2) is 48.8 Å². The summed E-state index contributed by atoms with van der Waals surface area (Å²) in [6.45, 7) is 4.42. The molecule has 0 atom stereocenters. The van der Waals surface area contributed by atoms with Crippen molar-refractivity contribution in [2.45, 2.75) is 0 Å². The van der Waals surface area contributed by atoms with Gasteiger partial charge in [0.1, 0.15) is 12.4 Å². The average Bonchev–Trinajstić information content (AvgIpc) is 2.65. The van der Waals surface area contributed by atoms with Crippen LogP contribution in [0.3, 0.4) is 0 Å². The molecule has 25 heavy (non-hydrogen) atoms. The lowest BCUT2D eigenvalue weighted by molar-refractivity contribution is 0.132. The van der Waals surface area contributed by atoms with E-state index in [9.17, 15) is 4.79 Å². The van der Waals surface area contributed by atoms with E-state index in [4.69, 9.17) is 16.3 Å². The highest BCUT2D eigenvalue weighted by atomic mass is 35.5. The molecule has 0 bridgehead atoms. The van der Waals surface area contributed by atoms with Gasteiger partial charge in [-0.05, 0) is 24.3 Å². The molecule has 1 fully saturated rings.